The molecule has 1 aliphatic rings. The number of carbonyl (C=O) groups excluding carboxylic acids is 1. The van der Waals surface area contributed by atoms with Crippen LogP contribution in [0.25, 0.3) is 11.3 Å². The molecule has 1 N–H and O–H groups in total. The van der Waals surface area contributed by atoms with Gasteiger partial charge in [-0.15, -0.1) is 0 Å². The number of hydrogen-bond acceptors (Lipinski definition) is 4. The third-order valence-electron chi connectivity index (χ3n) is 4.29. The zero-order valence-corrected chi connectivity index (χ0v) is 16.0. The molecule has 0 bridgehead atoms. The molecule has 7 heteroatoms. The molecular formula is C20H16BrFN2O3. The standard InChI is InChI=1S/C20H16BrFN2O3/c1-11-6-13-7-12(2-5-18(13)26-11)19-9-15(24-27-19)10-20(25)23-17-4-3-14(21)8-16(17)22/h2-5,7-9,11H,6,10H2,1H3,(H,23,25). The van der Waals surface area contributed by atoms with Gasteiger partial charge in [-0.25, -0.2) is 4.39 Å². The maximum absolute atomic E-state index is 13.8. The number of carbonyl (C=O) groups is 1. The van der Waals surface area contributed by atoms with E-state index in [1.54, 1.807) is 12.1 Å². The highest BCUT2D eigenvalue weighted by molar-refractivity contribution is 9.10. The summed E-state index contributed by atoms with van der Waals surface area (Å²) in [5.41, 5.74) is 2.61. The van der Waals surface area contributed by atoms with E-state index in [1.165, 1.54) is 12.1 Å². The Balaban J connectivity index is 1.45. The Labute approximate surface area is 163 Å². The van der Waals surface area contributed by atoms with Gasteiger partial charge in [-0.2, -0.15) is 0 Å². The lowest BCUT2D eigenvalue weighted by Gasteiger charge is -2.05. The number of amides is 1. The van der Waals surface area contributed by atoms with Crippen LogP contribution in [-0.2, 0) is 17.6 Å². The lowest BCUT2D eigenvalue weighted by molar-refractivity contribution is -0.115. The van der Waals surface area contributed by atoms with E-state index < -0.39 is 5.82 Å². The van der Waals surface area contributed by atoms with Gasteiger partial charge in [0.2, 0.25) is 5.91 Å². The SMILES string of the molecule is CC1Cc2cc(-c3cc(CC(=O)Nc4ccc(Br)cc4F)no3)ccc2O1. The summed E-state index contributed by atoms with van der Waals surface area (Å²) in [4.78, 5) is 12.2. The first kappa shape index (κ1) is 17.7. The predicted molar refractivity (Wildman–Crippen MR) is 102 cm³/mol. The summed E-state index contributed by atoms with van der Waals surface area (Å²) in [6.07, 6.45) is 1.01. The molecule has 1 unspecified atom stereocenters. The van der Waals surface area contributed by atoms with Gasteiger partial charge in [0.25, 0.3) is 0 Å². The fourth-order valence-corrected chi connectivity index (χ4v) is 3.39. The fourth-order valence-electron chi connectivity index (χ4n) is 3.06. The molecule has 0 fully saturated rings. The van der Waals surface area contributed by atoms with Crippen LogP contribution in [0.4, 0.5) is 10.1 Å². The zero-order valence-electron chi connectivity index (χ0n) is 14.5. The summed E-state index contributed by atoms with van der Waals surface area (Å²) in [6.45, 7) is 2.03. The van der Waals surface area contributed by atoms with Gasteiger partial charge < -0.3 is 14.6 Å². The summed E-state index contributed by atoms with van der Waals surface area (Å²) in [5.74, 6) is 0.595. The molecule has 2 aromatic carbocycles. The molecule has 1 aliphatic heterocycles. The average Bonchev–Trinajstić information content (AvgIpc) is 3.22. The van der Waals surface area contributed by atoms with Gasteiger partial charge in [-0.3, -0.25) is 4.79 Å². The summed E-state index contributed by atoms with van der Waals surface area (Å²) >= 11 is 3.18. The van der Waals surface area contributed by atoms with Crippen molar-refractivity contribution in [2.45, 2.75) is 25.9 Å². The van der Waals surface area contributed by atoms with Crippen LogP contribution >= 0.6 is 15.9 Å². The van der Waals surface area contributed by atoms with E-state index in [2.05, 4.69) is 26.4 Å². The summed E-state index contributed by atoms with van der Waals surface area (Å²) < 4.78 is 25.5. The molecule has 0 spiro atoms. The van der Waals surface area contributed by atoms with Crippen LogP contribution in [0, 0.1) is 5.82 Å². The maximum atomic E-state index is 13.8. The Hall–Kier alpha value is -2.67. The molecule has 0 saturated heterocycles. The van der Waals surface area contributed by atoms with Crippen molar-refractivity contribution < 1.29 is 18.4 Å². The smallest absolute Gasteiger partial charge is 0.230 e. The van der Waals surface area contributed by atoms with Crippen LogP contribution in [0.5, 0.6) is 5.75 Å². The van der Waals surface area contributed by atoms with Crippen LogP contribution in [0.15, 0.2) is 51.5 Å². The van der Waals surface area contributed by atoms with Crippen molar-refractivity contribution >= 4 is 27.5 Å². The normalized spacial score (nSPS) is 15.3. The number of benzene rings is 2. The van der Waals surface area contributed by atoms with Crippen molar-refractivity contribution in [3.05, 3.63) is 64.0 Å². The van der Waals surface area contributed by atoms with Crippen LogP contribution in [-0.4, -0.2) is 17.2 Å². The minimum absolute atomic E-state index is 0.00983. The molecular weight excluding hydrogens is 415 g/mol. The molecule has 1 amide bonds. The van der Waals surface area contributed by atoms with Crippen LogP contribution in [0.1, 0.15) is 18.2 Å². The Morgan fingerprint density at radius 2 is 2.15 bits per heavy atom. The van der Waals surface area contributed by atoms with Crippen molar-refractivity contribution in [3.63, 3.8) is 0 Å². The van der Waals surface area contributed by atoms with Crippen molar-refractivity contribution in [3.8, 4) is 17.1 Å². The monoisotopic (exact) mass is 430 g/mol. The molecule has 0 radical (unpaired) electrons. The number of nitrogens with one attached hydrogen (secondary N) is 1. The molecule has 27 heavy (non-hydrogen) atoms. The van der Waals surface area contributed by atoms with E-state index in [1.807, 2.05) is 25.1 Å². The van der Waals surface area contributed by atoms with Gasteiger partial charge in [-0.05, 0) is 48.9 Å². The third-order valence-corrected chi connectivity index (χ3v) is 4.78. The van der Waals surface area contributed by atoms with E-state index >= 15 is 0 Å². The number of hydrogen-bond donors (Lipinski definition) is 1. The van der Waals surface area contributed by atoms with Gasteiger partial charge >= 0.3 is 0 Å². The number of rotatable bonds is 4. The highest BCUT2D eigenvalue weighted by Crippen LogP contribution is 2.33. The Morgan fingerprint density at radius 3 is 2.96 bits per heavy atom. The molecule has 0 aliphatic carbocycles. The summed E-state index contributed by atoms with van der Waals surface area (Å²) in [6, 6.07) is 12.0. The van der Waals surface area contributed by atoms with E-state index in [4.69, 9.17) is 9.26 Å². The van der Waals surface area contributed by atoms with E-state index in [0.717, 1.165) is 23.3 Å². The molecule has 5 nitrogen and oxygen atoms in total. The van der Waals surface area contributed by atoms with E-state index in [0.29, 0.717) is 15.9 Å². The highest BCUT2D eigenvalue weighted by atomic mass is 79.9. The highest BCUT2D eigenvalue weighted by Gasteiger charge is 2.20. The number of ether oxygens (including phenoxy) is 1. The van der Waals surface area contributed by atoms with Gasteiger partial charge in [0.1, 0.15) is 17.7 Å². The Kier molecular flexibility index (Phi) is 4.70. The van der Waals surface area contributed by atoms with Crippen LogP contribution in [0.3, 0.4) is 0 Å². The second-order valence-corrected chi connectivity index (χ2v) is 7.40. The van der Waals surface area contributed by atoms with Crippen molar-refractivity contribution in [1.29, 1.82) is 0 Å². The van der Waals surface area contributed by atoms with E-state index in [-0.39, 0.29) is 24.1 Å². The molecule has 3 aromatic rings. The Morgan fingerprint density at radius 1 is 1.30 bits per heavy atom. The van der Waals surface area contributed by atoms with Gasteiger partial charge in [0.05, 0.1) is 17.8 Å². The first-order chi connectivity index (χ1) is 13.0. The number of nitrogens with zero attached hydrogens (tertiary/aromatic N) is 1. The fraction of sp³-hybridized carbons (Fsp3) is 0.200. The minimum atomic E-state index is -0.506. The molecule has 0 saturated carbocycles. The van der Waals surface area contributed by atoms with E-state index in [9.17, 15) is 9.18 Å². The van der Waals surface area contributed by atoms with Gasteiger partial charge in [0.15, 0.2) is 5.76 Å². The zero-order chi connectivity index (χ0) is 19.0. The third kappa shape index (κ3) is 3.88. The number of aromatic nitrogens is 1. The number of anilines is 1. The Bertz CT molecular complexity index is 1020. The largest absolute Gasteiger partial charge is 0.490 e. The first-order valence-corrected chi connectivity index (χ1v) is 9.27. The minimum Gasteiger partial charge on any atom is -0.490 e. The summed E-state index contributed by atoms with van der Waals surface area (Å²) in [7, 11) is 0. The molecule has 1 aromatic heterocycles. The van der Waals surface area contributed by atoms with Crippen LogP contribution in [0.2, 0.25) is 0 Å². The lowest BCUT2D eigenvalue weighted by Crippen LogP contribution is -2.15. The average molecular weight is 431 g/mol. The quantitative estimate of drug-likeness (QED) is 0.648. The topological polar surface area (TPSA) is 64.4 Å². The molecule has 2 heterocycles. The van der Waals surface area contributed by atoms with Crippen LogP contribution < -0.4 is 10.1 Å². The molecule has 138 valence electrons. The second-order valence-electron chi connectivity index (χ2n) is 6.49. The van der Waals surface area contributed by atoms with Crippen molar-refractivity contribution in [1.82, 2.24) is 5.16 Å². The number of fused-ring (bicyclic) bond motifs is 1. The molecule has 4 rings (SSSR count). The summed E-state index contributed by atoms with van der Waals surface area (Å²) in [5, 5.41) is 6.49. The maximum Gasteiger partial charge on any atom is 0.230 e. The first-order valence-electron chi connectivity index (χ1n) is 8.48. The van der Waals surface area contributed by atoms with Gasteiger partial charge in [0, 0.05) is 22.5 Å². The second kappa shape index (κ2) is 7.15. The lowest BCUT2D eigenvalue weighted by atomic mass is 10.1. The molecule has 1 atom stereocenters. The van der Waals surface area contributed by atoms with Crippen molar-refractivity contribution in [2.24, 2.45) is 0 Å². The predicted octanol–water partition coefficient (Wildman–Crippen LogP) is 4.75. The number of halogens is 2. The van der Waals surface area contributed by atoms with Gasteiger partial charge in [-0.1, -0.05) is 21.1 Å². The van der Waals surface area contributed by atoms with Crippen molar-refractivity contribution in [2.75, 3.05) is 5.32 Å².